The zero-order valence-corrected chi connectivity index (χ0v) is 13.6. The highest BCUT2D eigenvalue weighted by Crippen LogP contribution is 2.15. The van der Waals surface area contributed by atoms with Crippen molar-refractivity contribution in [2.75, 3.05) is 5.75 Å². The number of hydrogen-bond acceptors (Lipinski definition) is 5. The molecule has 0 spiro atoms. The molecular weight excluding hydrogens is 290 g/mol. The van der Waals surface area contributed by atoms with E-state index in [1.165, 1.54) is 11.8 Å². The van der Waals surface area contributed by atoms with Gasteiger partial charge in [-0.05, 0) is 40.2 Å². The van der Waals surface area contributed by atoms with Crippen LogP contribution in [-0.4, -0.2) is 38.2 Å². The molecule has 0 unspecified atom stereocenters. The van der Waals surface area contributed by atoms with Crippen molar-refractivity contribution < 1.29 is 14.7 Å². The van der Waals surface area contributed by atoms with Gasteiger partial charge in [0.05, 0.1) is 5.75 Å². The molecule has 1 rings (SSSR count). The van der Waals surface area contributed by atoms with Gasteiger partial charge in [0.1, 0.15) is 0 Å². The number of carboxylic acids is 1. The summed E-state index contributed by atoms with van der Waals surface area (Å²) in [6.07, 6.45) is 0.416. The van der Waals surface area contributed by atoms with Gasteiger partial charge in [-0.15, -0.1) is 0 Å². The van der Waals surface area contributed by atoms with Crippen LogP contribution in [0.15, 0.2) is 11.2 Å². The van der Waals surface area contributed by atoms with Crippen LogP contribution in [0.5, 0.6) is 0 Å². The first-order valence-corrected chi connectivity index (χ1v) is 7.64. The van der Waals surface area contributed by atoms with Gasteiger partial charge in [0.25, 0.3) is 0 Å². The smallest absolute Gasteiger partial charge is 0.303 e. The number of amides is 1. The Hall–Kier alpha value is -1.63. The summed E-state index contributed by atoms with van der Waals surface area (Å²) in [5, 5.41) is 12.1. The first-order valence-electron chi connectivity index (χ1n) is 6.66. The predicted octanol–water partition coefficient (Wildman–Crippen LogP) is 1.95. The summed E-state index contributed by atoms with van der Waals surface area (Å²) in [5.41, 5.74) is 1.19. The minimum Gasteiger partial charge on any atom is -0.481 e. The standard InChI is InChI=1S/C14H21N3O3S/c1-9-7-10(2)16-13(15-9)21-8-11(18)17-14(3,4)6-5-12(19)20/h7H,5-6,8H2,1-4H3,(H,17,18)(H,19,20). The molecule has 0 aliphatic heterocycles. The summed E-state index contributed by atoms with van der Waals surface area (Å²) < 4.78 is 0. The fourth-order valence-electron chi connectivity index (χ4n) is 1.78. The average Bonchev–Trinajstić information content (AvgIpc) is 2.32. The number of nitrogens with zero attached hydrogens (tertiary/aromatic N) is 2. The Balaban J connectivity index is 2.48. The van der Waals surface area contributed by atoms with E-state index in [1.807, 2.05) is 33.8 Å². The largest absolute Gasteiger partial charge is 0.481 e. The van der Waals surface area contributed by atoms with E-state index in [4.69, 9.17) is 5.11 Å². The summed E-state index contributed by atoms with van der Waals surface area (Å²) >= 11 is 1.27. The number of nitrogens with one attached hydrogen (secondary N) is 1. The Morgan fingerprint density at radius 2 is 1.86 bits per heavy atom. The van der Waals surface area contributed by atoms with E-state index in [1.54, 1.807) is 0 Å². The van der Waals surface area contributed by atoms with Crippen LogP contribution in [0.1, 0.15) is 38.1 Å². The van der Waals surface area contributed by atoms with Gasteiger partial charge in [-0.25, -0.2) is 9.97 Å². The number of carbonyl (C=O) groups is 2. The average molecular weight is 311 g/mol. The molecule has 0 fully saturated rings. The molecule has 0 radical (unpaired) electrons. The maximum atomic E-state index is 11.9. The molecule has 0 bridgehead atoms. The SMILES string of the molecule is Cc1cc(C)nc(SCC(=O)NC(C)(C)CCC(=O)O)n1. The van der Waals surface area contributed by atoms with Crippen molar-refractivity contribution in [3.63, 3.8) is 0 Å². The molecule has 0 saturated carbocycles. The van der Waals surface area contributed by atoms with Crippen LogP contribution in [0.3, 0.4) is 0 Å². The lowest BCUT2D eigenvalue weighted by Crippen LogP contribution is -2.44. The van der Waals surface area contributed by atoms with Gasteiger partial charge in [0.2, 0.25) is 5.91 Å². The molecule has 0 aliphatic rings. The molecule has 0 saturated heterocycles. The fraction of sp³-hybridized carbons (Fsp3) is 0.571. The number of aliphatic carboxylic acids is 1. The maximum Gasteiger partial charge on any atom is 0.303 e. The van der Waals surface area contributed by atoms with Crippen LogP contribution in [0.4, 0.5) is 0 Å². The molecule has 0 atom stereocenters. The number of rotatable bonds is 7. The van der Waals surface area contributed by atoms with Gasteiger partial charge in [-0.1, -0.05) is 11.8 Å². The summed E-state index contributed by atoms with van der Waals surface area (Å²) in [4.78, 5) is 31.0. The monoisotopic (exact) mass is 311 g/mol. The Kier molecular flexibility index (Phi) is 6.14. The van der Waals surface area contributed by atoms with E-state index in [9.17, 15) is 9.59 Å². The highest BCUT2D eigenvalue weighted by Gasteiger charge is 2.21. The third kappa shape index (κ3) is 7.08. The van der Waals surface area contributed by atoms with Crippen LogP contribution < -0.4 is 5.32 Å². The van der Waals surface area contributed by atoms with Crippen LogP contribution >= 0.6 is 11.8 Å². The third-order valence-electron chi connectivity index (χ3n) is 2.74. The molecular formula is C14H21N3O3S. The summed E-state index contributed by atoms with van der Waals surface area (Å²) in [7, 11) is 0. The lowest BCUT2D eigenvalue weighted by molar-refractivity contribution is -0.137. The number of hydrogen-bond donors (Lipinski definition) is 2. The molecule has 6 nitrogen and oxygen atoms in total. The van der Waals surface area contributed by atoms with Crippen molar-refractivity contribution in [2.45, 2.75) is 51.2 Å². The molecule has 116 valence electrons. The van der Waals surface area contributed by atoms with E-state index in [0.29, 0.717) is 11.6 Å². The normalized spacial score (nSPS) is 11.2. The van der Waals surface area contributed by atoms with Gasteiger partial charge >= 0.3 is 5.97 Å². The van der Waals surface area contributed by atoms with Gasteiger partial charge in [-0.3, -0.25) is 9.59 Å². The van der Waals surface area contributed by atoms with E-state index in [2.05, 4.69) is 15.3 Å². The summed E-state index contributed by atoms with van der Waals surface area (Å²) in [6.45, 7) is 7.39. The third-order valence-corrected chi connectivity index (χ3v) is 3.58. The van der Waals surface area contributed by atoms with Gasteiger partial charge in [0.15, 0.2) is 5.16 Å². The molecule has 0 aliphatic carbocycles. The second-order valence-electron chi connectivity index (χ2n) is 5.55. The number of aryl methyl sites for hydroxylation is 2. The highest BCUT2D eigenvalue weighted by atomic mass is 32.2. The first kappa shape index (κ1) is 17.4. The second-order valence-corrected chi connectivity index (χ2v) is 6.49. The van der Waals surface area contributed by atoms with Crippen molar-refractivity contribution >= 4 is 23.6 Å². The van der Waals surface area contributed by atoms with Crippen molar-refractivity contribution in [1.29, 1.82) is 0 Å². The minimum atomic E-state index is -0.865. The molecule has 7 heteroatoms. The zero-order valence-electron chi connectivity index (χ0n) is 12.8. The quantitative estimate of drug-likeness (QED) is 0.590. The lowest BCUT2D eigenvalue weighted by Gasteiger charge is -2.25. The number of aromatic nitrogens is 2. The van der Waals surface area contributed by atoms with Crippen molar-refractivity contribution in [3.05, 3.63) is 17.5 Å². The lowest BCUT2D eigenvalue weighted by atomic mass is 9.98. The zero-order chi connectivity index (χ0) is 16.0. The Bertz CT molecular complexity index is 512. The van der Waals surface area contributed by atoms with Crippen LogP contribution in [0.2, 0.25) is 0 Å². The van der Waals surface area contributed by atoms with Crippen LogP contribution in [-0.2, 0) is 9.59 Å². The number of carboxylic acid groups (broad SMARTS) is 1. The second kappa shape index (κ2) is 7.40. The molecule has 2 N–H and O–H groups in total. The van der Waals surface area contributed by atoms with Gasteiger partial charge < -0.3 is 10.4 Å². The maximum absolute atomic E-state index is 11.9. The van der Waals surface area contributed by atoms with Crippen LogP contribution in [0.25, 0.3) is 0 Å². The van der Waals surface area contributed by atoms with Crippen molar-refractivity contribution in [3.8, 4) is 0 Å². The number of carbonyl (C=O) groups excluding carboxylic acids is 1. The first-order chi connectivity index (χ1) is 9.68. The molecule has 1 heterocycles. The van der Waals surface area contributed by atoms with E-state index < -0.39 is 11.5 Å². The fourth-order valence-corrected chi connectivity index (χ4v) is 2.53. The summed E-state index contributed by atoms with van der Waals surface area (Å²) in [6, 6.07) is 1.87. The molecule has 21 heavy (non-hydrogen) atoms. The van der Waals surface area contributed by atoms with Crippen molar-refractivity contribution in [2.24, 2.45) is 0 Å². The Morgan fingerprint density at radius 1 is 1.29 bits per heavy atom. The van der Waals surface area contributed by atoms with E-state index in [-0.39, 0.29) is 18.1 Å². The minimum absolute atomic E-state index is 0.0284. The highest BCUT2D eigenvalue weighted by molar-refractivity contribution is 7.99. The number of thioether (sulfide) groups is 1. The molecule has 1 amide bonds. The summed E-state index contributed by atoms with van der Waals surface area (Å²) in [5.74, 6) is -0.812. The van der Waals surface area contributed by atoms with Crippen LogP contribution in [0, 0.1) is 13.8 Å². The topological polar surface area (TPSA) is 92.2 Å². The van der Waals surface area contributed by atoms with Crippen molar-refractivity contribution in [1.82, 2.24) is 15.3 Å². The Labute approximate surface area is 128 Å². The predicted molar refractivity (Wildman–Crippen MR) is 81.3 cm³/mol. The van der Waals surface area contributed by atoms with E-state index >= 15 is 0 Å². The molecule has 1 aromatic rings. The molecule has 0 aromatic carbocycles. The Morgan fingerprint density at radius 3 is 2.38 bits per heavy atom. The van der Waals surface area contributed by atoms with E-state index in [0.717, 1.165) is 11.4 Å². The van der Waals surface area contributed by atoms with Gasteiger partial charge in [0, 0.05) is 23.3 Å². The van der Waals surface area contributed by atoms with Gasteiger partial charge in [-0.2, -0.15) is 0 Å². The molecule has 1 aromatic heterocycles.